The van der Waals surface area contributed by atoms with Crippen molar-refractivity contribution in [1.82, 2.24) is 14.9 Å². The number of carbonyl (C=O) groups excluding carboxylic acids is 1. The van der Waals surface area contributed by atoms with Crippen molar-refractivity contribution in [2.75, 3.05) is 13.1 Å². The first-order valence-electron chi connectivity index (χ1n) is 6.42. The van der Waals surface area contributed by atoms with Crippen LogP contribution in [0, 0.1) is 5.92 Å². The van der Waals surface area contributed by atoms with Gasteiger partial charge in [-0.15, -0.1) is 24.8 Å². The molecule has 1 aromatic heterocycles. The highest BCUT2D eigenvalue weighted by atomic mass is 35.5. The van der Waals surface area contributed by atoms with Crippen molar-refractivity contribution in [3.05, 3.63) is 30.1 Å². The van der Waals surface area contributed by atoms with Gasteiger partial charge in [0.2, 0.25) is 0 Å². The van der Waals surface area contributed by atoms with Gasteiger partial charge in [-0.1, -0.05) is 0 Å². The minimum Gasteiger partial charge on any atom is -0.334 e. The third-order valence-corrected chi connectivity index (χ3v) is 3.72. The number of hydrogen-bond donors (Lipinski definition) is 1. The lowest BCUT2D eigenvalue weighted by Gasteiger charge is -2.21. The van der Waals surface area contributed by atoms with E-state index in [1.54, 1.807) is 6.33 Å². The van der Waals surface area contributed by atoms with Gasteiger partial charge in [0.25, 0.3) is 0 Å². The average Bonchev–Trinajstić information content (AvgIpc) is 2.80. The number of aryl methyl sites for hydroxylation is 1. The quantitative estimate of drug-likeness (QED) is 0.866. The number of Topliss-reactive ketones (excluding diaryl/α,β-unsaturated/α-hetero) is 1. The Kier molecular flexibility index (Phi) is 5.99. The molecule has 20 heavy (non-hydrogen) atoms. The third kappa shape index (κ3) is 3.14. The Morgan fingerprint density at radius 2 is 2.00 bits per heavy atom. The lowest BCUT2D eigenvalue weighted by molar-refractivity contribution is 0.0895. The SMILES string of the molecule is Cl.Cl.Cn1cnc2ccc(C(=O)C3CCNCC3)cc21. The Morgan fingerprint density at radius 3 is 2.70 bits per heavy atom. The second-order valence-corrected chi connectivity index (χ2v) is 4.95. The zero-order valence-corrected chi connectivity index (χ0v) is 13.0. The van der Waals surface area contributed by atoms with Crippen LogP contribution < -0.4 is 5.32 Å². The lowest BCUT2D eigenvalue weighted by atomic mass is 9.89. The molecule has 6 heteroatoms. The fourth-order valence-corrected chi connectivity index (χ4v) is 2.60. The van der Waals surface area contributed by atoms with Gasteiger partial charge in [-0.25, -0.2) is 4.98 Å². The molecule has 0 unspecified atom stereocenters. The van der Waals surface area contributed by atoms with Crippen LogP contribution in [-0.4, -0.2) is 28.4 Å². The minimum atomic E-state index is 0. The van der Waals surface area contributed by atoms with Crippen LogP contribution in [0.2, 0.25) is 0 Å². The van der Waals surface area contributed by atoms with E-state index in [0.717, 1.165) is 42.5 Å². The van der Waals surface area contributed by atoms with E-state index < -0.39 is 0 Å². The summed E-state index contributed by atoms with van der Waals surface area (Å²) in [4.78, 5) is 16.7. The first-order chi connectivity index (χ1) is 8.75. The second-order valence-electron chi connectivity index (χ2n) is 4.95. The number of nitrogens with zero attached hydrogens (tertiary/aromatic N) is 2. The molecule has 4 nitrogen and oxygen atoms in total. The molecule has 1 aromatic carbocycles. The average molecular weight is 316 g/mol. The number of carbonyl (C=O) groups is 1. The molecule has 0 spiro atoms. The van der Waals surface area contributed by atoms with E-state index >= 15 is 0 Å². The fourth-order valence-electron chi connectivity index (χ4n) is 2.60. The van der Waals surface area contributed by atoms with Crippen molar-refractivity contribution in [3.63, 3.8) is 0 Å². The van der Waals surface area contributed by atoms with E-state index in [1.807, 2.05) is 29.8 Å². The first-order valence-corrected chi connectivity index (χ1v) is 6.42. The Bertz CT molecular complexity index is 591. The summed E-state index contributed by atoms with van der Waals surface area (Å²) in [5.41, 5.74) is 2.78. The summed E-state index contributed by atoms with van der Waals surface area (Å²) in [7, 11) is 1.95. The standard InChI is InChI=1S/C14H17N3O.2ClH/c1-17-9-16-12-3-2-11(8-13(12)17)14(18)10-4-6-15-7-5-10;;/h2-3,8-10,15H,4-7H2,1H3;2*1H. The topological polar surface area (TPSA) is 46.9 Å². The van der Waals surface area contributed by atoms with Gasteiger partial charge in [0.05, 0.1) is 17.4 Å². The number of imidazole rings is 1. The van der Waals surface area contributed by atoms with E-state index in [4.69, 9.17) is 0 Å². The van der Waals surface area contributed by atoms with Gasteiger partial charge in [0, 0.05) is 18.5 Å². The lowest BCUT2D eigenvalue weighted by Crippen LogP contribution is -2.31. The van der Waals surface area contributed by atoms with Crippen LogP contribution in [0.15, 0.2) is 24.5 Å². The Morgan fingerprint density at radius 1 is 1.30 bits per heavy atom. The number of benzene rings is 1. The predicted molar refractivity (Wildman–Crippen MR) is 85.1 cm³/mol. The molecule has 1 fully saturated rings. The molecule has 2 aromatic rings. The molecule has 1 aliphatic heterocycles. The Balaban J connectivity index is 0.000001000. The summed E-state index contributed by atoms with van der Waals surface area (Å²) in [5.74, 6) is 0.455. The van der Waals surface area contributed by atoms with Gasteiger partial charge in [-0.2, -0.15) is 0 Å². The number of piperidine rings is 1. The molecule has 110 valence electrons. The maximum Gasteiger partial charge on any atom is 0.166 e. The van der Waals surface area contributed by atoms with Crippen molar-refractivity contribution in [2.45, 2.75) is 12.8 Å². The van der Waals surface area contributed by atoms with Gasteiger partial charge in [-0.05, 0) is 44.1 Å². The Labute approximate surface area is 130 Å². The van der Waals surface area contributed by atoms with Gasteiger partial charge in [0.1, 0.15) is 0 Å². The summed E-state index contributed by atoms with van der Waals surface area (Å²) in [6.45, 7) is 1.90. The molecule has 0 bridgehead atoms. The van der Waals surface area contributed by atoms with Gasteiger partial charge >= 0.3 is 0 Å². The number of aromatic nitrogens is 2. The van der Waals surface area contributed by atoms with Crippen LogP contribution in [0.1, 0.15) is 23.2 Å². The zero-order valence-electron chi connectivity index (χ0n) is 11.3. The van der Waals surface area contributed by atoms with E-state index in [-0.39, 0.29) is 36.5 Å². The predicted octanol–water partition coefficient (Wildman–Crippen LogP) is 2.60. The smallest absolute Gasteiger partial charge is 0.166 e. The molecule has 1 aliphatic rings. The summed E-state index contributed by atoms with van der Waals surface area (Å²) >= 11 is 0. The second kappa shape index (κ2) is 7.07. The number of fused-ring (bicyclic) bond motifs is 1. The van der Waals surface area contributed by atoms with Crippen LogP contribution in [-0.2, 0) is 7.05 Å². The highest BCUT2D eigenvalue weighted by Gasteiger charge is 2.22. The van der Waals surface area contributed by atoms with Crippen LogP contribution in [0.3, 0.4) is 0 Å². The molecule has 0 atom stereocenters. The highest BCUT2D eigenvalue weighted by molar-refractivity contribution is 6.00. The number of rotatable bonds is 2. The summed E-state index contributed by atoms with van der Waals surface area (Å²) in [5, 5.41) is 3.29. The molecule has 0 saturated carbocycles. The van der Waals surface area contributed by atoms with Crippen LogP contribution in [0.4, 0.5) is 0 Å². The molecule has 0 aliphatic carbocycles. The van der Waals surface area contributed by atoms with Gasteiger partial charge in [-0.3, -0.25) is 4.79 Å². The van der Waals surface area contributed by atoms with E-state index in [0.29, 0.717) is 0 Å². The van der Waals surface area contributed by atoms with Crippen molar-refractivity contribution in [2.24, 2.45) is 13.0 Å². The molecule has 1 N–H and O–H groups in total. The third-order valence-electron chi connectivity index (χ3n) is 3.72. The van der Waals surface area contributed by atoms with Gasteiger partial charge in [0.15, 0.2) is 5.78 Å². The molecular weight excluding hydrogens is 297 g/mol. The normalized spacial score (nSPS) is 15.4. The first kappa shape index (κ1) is 17.0. The maximum atomic E-state index is 12.4. The Hall–Kier alpha value is -1.10. The molecule has 2 heterocycles. The molecular formula is C14H19Cl2N3O. The molecule has 0 amide bonds. The summed E-state index contributed by atoms with van der Waals surface area (Å²) in [6, 6.07) is 5.80. The number of halogens is 2. The molecule has 1 saturated heterocycles. The fraction of sp³-hybridized carbons (Fsp3) is 0.429. The van der Waals surface area contributed by atoms with Crippen LogP contribution in [0.25, 0.3) is 11.0 Å². The van der Waals surface area contributed by atoms with E-state index in [9.17, 15) is 4.79 Å². The van der Waals surface area contributed by atoms with Crippen LogP contribution >= 0.6 is 24.8 Å². The van der Waals surface area contributed by atoms with Crippen molar-refractivity contribution < 1.29 is 4.79 Å². The van der Waals surface area contributed by atoms with E-state index in [2.05, 4.69) is 10.3 Å². The summed E-state index contributed by atoms with van der Waals surface area (Å²) in [6.07, 6.45) is 3.67. The number of ketones is 1. The maximum absolute atomic E-state index is 12.4. The van der Waals surface area contributed by atoms with E-state index in [1.165, 1.54) is 0 Å². The molecule has 3 rings (SSSR count). The molecule has 0 radical (unpaired) electrons. The largest absolute Gasteiger partial charge is 0.334 e. The summed E-state index contributed by atoms with van der Waals surface area (Å²) < 4.78 is 1.95. The van der Waals surface area contributed by atoms with Gasteiger partial charge < -0.3 is 9.88 Å². The highest BCUT2D eigenvalue weighted by Crippen LogP contribution is 2.21. The number of nitrogens with one attached hydrogen (secondary N) is 1. The minimum absolute atomic E-state index is 0. The van der Waals surface area contributed by atoms with Crippen molar-refractivity contribution >= 4 is 41.6 Å². The monoisotopic (exact) mass is 315 g/mol. The number of hydrogen-bond acceptors (Lipinski definition) is 3. The zero-order chi connectivity index (χ0) is 12.5. The van der Waals surface area contributed by atoms with Crippen LogP contribution in [0.5, 0.6) is 0 Å². The van der Waals surface area contributed by atoms with Crippen molar-refractivity contribution in [3.8, 4) is 0 Å². The van der Waals surface area contributed by atoms with Crippen molar-refractivity contribution in [1.29, 1.82) is 0 Å².